The molecule has 0 aromatic heterocycles. The van der Waals surface area contributed by atoms with Crippen LogP contribution in [-0.2, 0) is 14.3 Å². The van der Waals surface area contributed by atoms with Crippen LogP contribution in [0.25, 0.3) is 0 Å². The number of hydrogen-bond acceptors (Lipinski definition) is 4. The minimum absolute atomic E-state index is 0.0669. The highest BCUT2D eigenvalue weighted by atomic mass is 16.6. The molecule has 1 aliphatic rings. The van der Waals surface area contributed by atoms with Gasteiger partial charge < -0.3 is 9.84 Å². The largest absolute Gasteiger partial charge is 0.507 e. The van der Waals surface area contributed by atoms with E-state index in [9.17, 15) is 14.7 Å². The first kappa shape index (κ1) is 14.2. The lowest BCUT2D eigenvalue weighted by atomic mass is 9.95. The molecular formula is C14H18O4. The molecule has 0 aliphatic carbocycles. The number of rotatable bonds is 5. The van der Waals surface area contributed by atoms with E-state index in [-0.39, 0.29) is 30.0 Å². The Morgan fingerprint density at radius 3 is 2.61 bits per heavy atom. The van der Waals surface area contributed by atoms with E-state index in [4.69, 9.17) is 4.74 Å². The summed E-state index contributed by atoms with van der Waals surface area (Å²) in [5.41, 5.74) is -0.847. The van der Waals surface area contributed by atoms with Gasteiger partial charge in [0.2, 0.25) is 0 Å². The number of allylic oxidation sites excluding steroid dienone is 4. The summed E-state index contributed by atoms with van der Waals surface area (Å²) in [5.74, 6) is -0.660. The van der Waals surface area contributed by atoms with E-state index in [1.54, 1.807) is 19.1 Å². The lowest BCUT2D eigenvalue weighted by Crippen LogP contribution is -2.28. The van der Waals surface area contributed by atoms with Gasteiger partial charge in [0.25, 0.3) is 0 Å². The quantitative estimate of drug-likeness (QED) is 0.463. The molecule has 1 heterocycles. The molecule has 0 saturated carbocycles. The second kappa shape index (κ2) is 5.67. The zero-order valence-corrected chi connectivity index (χ0v) is 10.9. The molecule has 98 valence electrons. The molecule has 4 nitrogen and oxygen atoms in total. The normalized spacial score (nSPS) is 24.3. The van der Waals surface area contributed by atoms with Gasteiger partial charge in [-0.2, -0.15) is 0 Å². The molecule has 0 saturated heterocycles. The van der Waals surface area contributed by atoms with E-state index < -0.39 is 11.6 Å². The zero-order chi connectivity index (χ0) is 13.8. The number of carbonyl (C=O) groups is 2. The number of ether oxygens (including phenoxy) is 1. The maximum atomic E-state index is 11.5. The summed E-state index contributed by atoms with van der Waals surface area (Å²) in [7, 11) is 0. The first-order valence-electron chi connectivity index (χ1n) is 5.86. The van der Waals surface area contributed by atoms with Gasteiger partial charge in [-0.3, -0.25) is 4.79 Å². The summed E-state index contributed by atoms with van der Waals surface area (Å²) >= 11 is 0. The average molecular weight is 250 g/mol. The van der Waals surface area contributed by atoms with Crippen LogP contribution in [0.5, 0.6) is 0 Å². The molecule has 18 heavy (non-hydrogen) atoms. The molecule has 1 atom stereocenters. The highest BCUT2D eigenvalue weighted by molar-refractivity contribution is 5.92. The summed E-state index contributed by atoms with van der Waals surface area (Å²) in [4.78, 5) is 22.8. The SMILES string of the molecule is CC=CC=CC(=O)CCC1(C)OC(=O)C(C)=C1O. The summed E-state index contributed by atoms with van der Waals surface area (Å²) in [5, 5.41) is 9.81. The van der Waals surface area contributed by atoms with Crippen LogP contribution in [0.4, 0.5) is 0 Å². The lowest BCUT2D eigenvalue weighted by molar-refractivity contribution is -0.148. The van der Waals surface area contributed by atoms with Crippen LogP contribution < -0.4 is 0 Å². The number of carbonyl (C=O) groups excluding carboxylic acids is 2. The first-order valence-corrected chi connectivity index (χ1v) is 5.86. The Morgan fingerprint density at radius 1 is 1.44 bits per heavy atom. The van der Waals surface area contributed by atoms with E-state index in [2.05, 4.69) is 0 Å². The Kier molecular flexibility index (Phi) is 4.48. The van der Waals surface area contributed by atoms with Crippen molar-refractivity contribution in [1.82, 2.24) is 0 Å². The minimum atomic E-state index is -1.06. The molecule has 0 radical (unpaired) electrons. The fraction of sp³-hybridized carbons (Fsp3) is 0.429. The molecule has 1 unspecified atom stereocenters. The van der Waals surface area contributed by atoms with E-state index in [1.165, 1.54) is 13.0 Å². The average Bonchev–Trinajstić information content (AvgIpc) is 2.52. The van der Waals surface area contributed by atoms with Crippen LogP contribution in [0, 0.1) is 0 Å². The van der Waals surface area contributed by atoms with E-state index in [0.29, 0.717) is 0 Å². The highest BCUT2D eigenvalue weighted by Crippen LogP contribution is 2.34. The van der Waals surface area contributed by atoms with Crippen molar-refractivity contribution in [3.63, 3.8) is 0 Å². The number of ketones is 1. The second-order valence-corrected chi connectivity index (χ2v) is 4.45. The van der Waals surface area contributed by atoms with Crippen LogP contribution in [0.2, 0.25) is 0 Å². The van der Waals surface area contributed by atoms with Gasteiger partial charge in [-0.15, -0.1) is 0 Å². The van der Waals surface area contributed by atoms with Crippen molar-refractivity contribution in [2.75, 3.05) is 0 Å². The van der Waals surface area contributed by atoms with E-state index in [1.807, 2.05) is 13.0 Å². The van der Waals surface area contributed by atoms with Crippen molar-refractivity contribution in [2.45, 2.75) is 39.2 Å². The van der Waals surface area contributed by atoms with E-state index in [0.717, 1.165) is 0 Å². The number of hydrogen-bond donors (Lipinski definition) is 1. The molecule has 0 fully saturated rings. The fourth-order valence-electron chi connectivity index (χ4n) is 1.71. The molecule has 0 amide bonds. The molecule has 4 heteroatoms. The third kappa shape index (κ3) is 3.09. The highest BCUT2D eigenvalue weighted by Gasteiger charge is 2.42. The van der Waals surface area contributed by atoms with Gasteiger partial charge in [-0.1, -0.05) is 18.2 Å². The van der Waals surface area contributed by atoms with Crippen LogP contribution >= 0.6 is 0 Å². The Bertz CT molecular complexity index is 443. The number of aliphatic hydroxyl groups is 1. The fourth-order valence-corrected chi connectivity index (χ4v) is 1.71. The van der Waals surface area contributed by atoms with Crippen LogP contribution in [0.1, 0.15) is 33.6 Å². The van der Waals surface area contributed by atoms with Crippen molar-refractivity contribution in [2.24, 2.45) is 0 Å². The summed E-state index contributed by atoms with van der Waals surface area (Å²) in [6, 6.07) is 0. The van der Waals surface area contributed by atoms with Crippen molar-refractivity contribution in [1.29, 1.82) is 0 Å². The monoisotopic (exact) mass is 250 g/mol. The van der Waals surface area contributed by atoms with Crippen molar-refractivity contribution in [3.8, 4) is 0 Å². The molecule has 0 spiro atoms. The molecule has 0 bridgehead atoms. The van der Waals surface area contributed by atoms with Crippen molar-refractivity contribution >= 4 is 11.8 Å². The first-order chi connectivity index (χ1) is 8.40. The Morgan fingerprint density at radius 2 is 2.11 bits per heavy atom. The van der Waals surface area contributed by atoms with Gasteiger partial charge in [-0.05, 0) is 26.8 Å². The number of aliphatic hydroxyl groups excluding tert-OH is 1. The van der Waals surface area contributed by atoms with Crippen molar-refractivity contribution in [3.05, 3.63) is 35.6 Å². The second-order valence-electron chi connectivity index (χ2n) is 4.45. The van der Waals surface area contributed by atoms with Gasteiger partial charge in [0, 0.05) is 12.8 Å². The molecule has 1 rings (SSSR count). The number of cyclic esters (lactones) is 1. The Hall–Kier alpha value is -1.84. The third-order valence-corrected chi connectivity index (χ3v) is 2.91. The Balaban J connectivity index is 2.59. The predicted molar refractivity (Wildman–Crippen MR) is 68.0 cm³/mol. The topological polar surface area (TPSA) is 63.6 Å². The molecule has 1 aliphatic heterocycles. The zero-order valence-electron chi connectivity index (χ0n) is 10.9. The molecular weight excluding hydrogens is 232 g/mol. The van der Waals surface area contributed by atoms with Crippen LogP contribution in [0.3, 0.4) is 0 Å². The summed E-state index contributed by atoms with van der Waals surface area (Å²) in [6.07, 6.45) is 7.20. The Labute approximate surface area is 107 Å². The van der Waals surface area contributed by atoms with E-state index >= 15 is 0 Å². The van der Waals surface area contributed by atoms with Gasteiger partial charge in [-0.25, -0.2) is 4.79 Å². The maximum absolute atomic E-state index is 11.5. The minimum Gasteiger partial charge on any atom is -0.507 e. The van der Waals surface area contributed by atoms with Gasteiger partial charge in [0.15, 0.2) is 11.4 Å². The summed E-state index contributed by atoms with van der Waals surface area (Å²) < 4.78 is 5.10. The molecule has 0 aromatic rings. The third-order valence-electron chi connectivity index (χ3n) is 2.91. The van der Waals surface area contributed by atoms with Gasteiger partial charge >= 0.3 is 5.97 Å². The standard InChI is InChI=1S/C14H18O4/c1-4-5-6-7-11(15)8-9-14(3)12(16)10(2)13(17)18-14/h4-7,16H,8-9H2,1-3H3. The summed E-state index contributed by atoms with van der Waals surface area (Å²) in [6.45, 7) is 4.98. The molecule has 1 N–H and O–H groups in total. The lowest BCUT2D eigenvalue weighted by Gasteiger charge is -2.22. The van der Waals surface area contributed by atoms with Crippen molar-refractivity contribution < 1.29 is 19.4 Å². The number of esters is 1. The molecule has 0 aromatic carbocycles. The smallest absolute Gasteiger partial charge is 0.338 e. The maximum Gasteiger partial charge on any atom is 0.338 e. The van der Waals surface area contributed by atoms with Gasteiger partial charge in [0.05, 0.1) is 5.57 Å². The van der Waals surface area contributed by atoms with Gasteiger partial charge in [0.1, 0.15) is 5.76 Å². The predicted octanol–water partition coefficient (Wildman–Crippen LogP) is 2.62. The van der Waals surface area contributed by atoms with Crippen LogP contribution in [0.15, 0.2) is 35.6 Å². The van der Waals surface area contributed by atoms with Crippen LogP contribution in [-0.4, -0.2) is 22.5 Å².